The zero-order valence-corrected chi connectivity index (χ0v) is 24.7. The molecule has 0 saturated heterocycles. The predicted molar refractivity (Wildman–Crippen MR) is 161 cm³/mol. The molecule has 43 heavy (non-hydrogen) atoms. The van der Waals surface area contributed by atoms with Crippen LogP contribution in [0.5, 0.6) is 5.75 Å². The standard InChI is InChI=1S/C32H27ClN2O7S/c1-2-16-41-30(36)20-42-25-13-11-24(12-14-25)34-31(37)22-10-15-29-27(18-22)35(19-21-6-5-7-23(33)17-21)32(38)26-8-3-4-9-28(26)43(29,39)40/h3-15,17-18H,2,16,19-20H2,1H3,(H,34,37). The molecular weight excluding hydrogens is 592 g/mol. The molecule has 11 heteroatoms. The van der Waals surface area contributed by atoms with Crippen LogP contribution in [0.2, 0.25) is 5.02 Å². The zero-order valence-electron chi connectivity index (χ0n) is 23.1. The Hall–Kier alpha value is -4.67. The Bertz CT molecular complexity index is 1810. The first-order valence-corrected chi connectivity index (χ1v) is 15.3. The summed E-state index contributed by atoms with van der Waals surface area (Å²) in [5.74, 6) is -1.11. The molecule has 4 aromatic rings. The molecule has 5 rings (SSSR count). The molecule has 2 amide bonds. The van der Waals surface area contributed by atoms with Crippen LogP contribution >= 0.6 is 11.6 Å². The van der Waals surface area contributed by atoms with E-state index in [1.54, 1.807) is 60.7 Å². The van der Waals surface area contributed by atoms with Crippen molar-refractivity contribution in [3.63, 3.8) is 0 Å². The van der Waals surface area contributed by atoms with E-state index < -0.39 is 27.6 Å². The number of carbonyl (C=O) groups is 3. The van der Waals surface area contributed by atoms with E-state index in [0.29, 0.717) is 35.1 Å². The number of benzene rings is 4. The van der Waals surface area contributed by atoms with Gasteiger partial charge in [-0.1, -0.05) is 42.8 Å². The summed E-state index contributed by atoms with van der Waals surface area (Å²) in [6.07, 6.45) is 0.712. The van der Waals surface area contributed by atoms with E-state index in [4.69, 9.17) is 21.1 Å². The van der Waals surface area contributed by atoms with Gasteiger partial charge in [0.2, 0.25) is 9.84 Å². The highest BCUT2D eigenvalue weighted by Gasteiger charge is 2.36. The third-order valence-corrected chi connectivity index (χ3v) is 8.71. The lowest BCUT2D eigenvalue weighted by molar-refractivity contribution is -0.146. The van der Waals surface area contributed by atoms with E-state index in [-0.39, 0.29) is 39.8 Å². The van der Waals surface area contributed by atoms with E-state index in [0.717, 1.165) is 0 Å². The first kappa shape index (κ1) is 29.8. The minimum atomic E-state index is -4.09. The summed E-state index contributed by atoms with van der Waals surface area (Å²) < 4.78 is 37.8. The number of fused-ring (bicyclic) bond motifs is 2. The zero-order chi connectivity index (χ0) is 30.6. The van der Waals surface area contributed by atoms with Crippen LogP contribution in [0.4, 0.5) is 11.4 Å². The second-order valence-corrected chi connectivity index (χ2v) is 12.0. The predicted octanol–water partition coefficient (Wildman–Crippen LogP) is 5.92. The van der Waals surface area contributed by atoms with Crippen molar-refractivity contribution in [2.75, 3.05) is 23.4 Å². The third-order valence-electron chi connectivity index (χ3n) is 6.62. The van der Waals surface area contributed by atoms with E-state index in [9.17, 15) is 22.8 Å². The minimum absolute atomic E-state index is 0.0226. The van der Waals surface area contributed by atoms with Crippen LogP contribution in [0, 0.1) is 0 Å². The fourth-order valence-corrected chi connectivity index (χ4v) is 6.40. The fraction of sp³-hybridized carbons (Fsp3) is 0.156. The van der Waals surface area contributed by atoms with Gasteiger partial charge in [-0.05, 0) is 78.7 Å². The lowest BCUT2D eigenvalue weighted by Crippen LogP contribution is -2.30. The van der Waals surface area contributed by atoms with Gasteiger partial charge in [0.25, 0.3) is 11.8 Å². The summed E-state index contributed by atoms with van der Waals surface area (Å²) in [5.41, 5.74) is 1.37. The molecule has 220 valence electrons. The van der Waals surface area contributed by atoms with Crippen LogP contribution in [0.15, 0.2) is 101 Å². The number of sulfone groups is 1. The normalized spacial score (nSPS) is 13.3. The smallest absolute Gasteiger partial charge is 0.344 e. The molecule has 0 aromatic heterocycles. The number of nitrogens with one attached hydrogen (secondary N) is 1. The van der Waals surface area contributed by atoms with Crippen molar-refractivity contribution in [3.8, 4) is 5.75 Å². The van der Waals surface area contributed by atoms with Crippen molar-refractivity contribution < 1.29 is 32.3 Å². The molecular formula is C32H27ClN2O7S. The molecule has 0 atom stereocenters. The molecule has 0 fully saturated rings. The van der Waals surface area contributed by atoms with Gasteiger partial charge in [0.05, 0.1) is 34.2 Å². The largest absolute Gasteiger partial charge is 0.482 e. The number of nitrogens with zero attached hydrogens (tertiary/aromatic N) is 1. The Morgan fingerprint density at radius 1 is 0.907 bits per heavy atom. The molecule has 0 saturated carbocycles. The Morgan fingerprint density at radius 2 is 1.67 bits per heavy atom. The highest BCUT2D eigenvalue weighted by Crippen LogP contribution is 2.38. The van der Waals surface area contributed by atoms with Crippen molar-refractivity contribution in [2.24, 2.45) is 0 Å². The topological polar surface area (TPSA) is 119 Å². The van der Waals surface area contributed by atoms with Gasteiger partial charge in [0.1, 0.15) is 5.75 Å². The van der Waals surface area contributed by atoms with Crippen LogP contribution < -0.4 is 15.0 Å². The quantitative estimate of drug-likeness (QED) is 0.231. The third kappa shape index (κ3) is 6.55. The first-order chi connectivity index (χ1) is 20.7. The number of hydrogen-bond acceptors (Lipinski definition) is 7. The SMILES string of the molecule is CCCOC(=O)COc1ccc(NC(=O)c2ccc3c(c2)N(Cc2cccc(Cl)c2)C(=O)c2ccccc2S3(=O)=O)cc1. The summed E-state index contributed by atoms with van der Waals surface area (Å²) in [7, 11) is -4.09. The Kier molecular flexibility index (Phi) is 8.79. The van der Waals surface area contributed by atoms with Crippen LogP contribution in [0.1, 0.15) is 39.6 Å². The summed E-state index contributed by atoms with van der Waals surface area (Å²) in [6, 6.07) is 23.5. The summed E-state index contributed by atoms with van der Waals surface area (Å²) >= 11 is 6.18. The number of ether oxygens (including phenoxy) is 2. The van der Waals surface area contributed by atoms with Crippen molar-refractivity contribution >= 4 is 50.6 Å². The molecule has 4 aromatic carbocycles. The van der Waals surface area contributed by atoms with E-state index in [1.165, 1.54) is 35.2 Å². The number of esters is 1. The molecule has 0 radical (unpaired) electrons. The maximum atomic E-state index is 13.8. The molecule has 1 aliphatic heterocycles. The Morgan fingerprint density at radius 3 is 2.42 bits per heavy atom. The van der Waals surface area contributed by atoms with Crippen LogP contribution in [-0.4, -0.2) is 39.4 Å². The van der Waals surface area contributed by atoms with Gasteiger partial charge in [-0.3, -0.25) is 9.59 Å². The van der Waals surface area contributed by atoms with Crippen LogP contribution in [-0.2, 0) is 25.9 Å². The molecule has 0 aliphatic carbocycles. The van der Waals surface area contributed by atoms with Crippen molar-refractivity contribution in [2.45, 2.75) is 29.7 Å². The minimum Gasteiger partial charge on any atom is -0.482 e. The van der Waals surface area contributed by atoms with Crippen molar-refractivity contribution in [1.82, 2.24) is 0 Å². The highest BCUT2D eigenvalue weighted by molar-refractivity contribution is 7.91. The van der Waals surface area contributed by atoms with Crippen molar-refractivity contribution in [3.05, 3.63) is 113 Å². The van der Waals surface area contributed by atoms with Gasteiger partial charge in [0.15, 0.2) is 6.61 Å². The van der Waals surface area contributed by atoms with Gasteiger partial charge >= 0.3 is 5.97 Å². The average molecular weight is 619 g/mol. The summed E-state index contributed by atoms with van der Waals surface area (Å²) in [4.78, 5) is 39.9. The lowest BCUT2D eigenvalue weighted by atomic mass is 10.1. The maximum Gasteiger partial charge on any atom is 0.344 e. The van der Waals surface area contributed by atoms with Gasteiger partial charge in [-0.15, -0.1) is 0 Å². The van der Waals surface area contributed by atoms with E-state index >= 15 is 0 Å². The highest BCUT2D eigenvalue weighted by atomic mass is 35.5. The van der Waals surface area contributed by atoms with Gasteiger partial charge in [-0.2, -0.15) is 0 Å². The molecule has 1 heterocycles. The molecule has 0 unspecified atom stereocenters. The van der Waals surface area contributed by atoms with Crippen LogP contribution in [0.25, 0.3) is 0 Å². The number of halogens is 1. The fourth-order valence-electron chi connectivity index (χ4n) is 4.56. The van der Waals surface area contributed by atoms with E-state index in [1.807, 2.05) is 6.92 Å². The summed E-state index contributed by atoms with van der Waals surface area (Å²) in [5, 5.41) is 3.23. The Balaban J connectivity index is 1.43. The first-order valence-electron chi connectivity index (χ1n) is 13.4. The number of hydrogen-bond donors (Lipinski definition) is 1. The molecule has 1 N–H and O–H groups in total. The average Bonchev–Trinajstić information content (AvgIpc) is 3.07. The second kappa shape index (κ2) is 12.7. The number of anilines is 2. The van der Waals surface area contributed by atoms with Gasteiger partial charge in [0, 0.05) is 16.3 Å². The monoisotopic (exact) mass is 618 g/mol. The molecule has 0 bridgehead atoms. The summed E-state index contributed by atoms with van der Waals surface area (Å²) in [6.45, 7) is 2.00. The molecule has 0 spiro atoms. The lowest BCUT2D eigenvalue weighted by Gasteiger charge is -2.23. The van der Waals surface area contributed by atoms with Gasteiger partial charge in [-0.25, -0.2) is 13.2 Å². The molecule has 1 aliphatic rings. The maximum absolute atomic E-state index is 13.8. The second-order valence-electron chi connectivity index (χ2n) is 9.69. The van der Waals surface area contributed by atoms with Crippen molar-refractivity contribution in [1.29, 1.82) is 0 Å². The van der Waals surface area contributed by atoms with E-state index in [2.05, 4.69) is 5.32 Å². The number of amides is 2. The van der Waals surface area contributed by atoms with Gasteiger partial charge < -0.3 is 19.7 Å². The number of carbonyl (C=O) groups excluding carboxylic acids is 3. The van der Waals surface area contributed by atoms with Crippen LogP contribution in [0.3, 0.4) is 0 Å². The molecule has 9 nitrogen and oxygen atoms in total. The Labute approximate surface area is 253 Å². The number of rotatable bonds is 9.